The molecule has 0 bridgehead atoms. The predicted molar refractivity (Wildman–Crippen MR) is 264 cm³/mol. The molecule has 19 heteroatoms. The topological polar surface area (TPSA) is 260 Å². The standard InChI is InChI=1S/C54H64FN7O11/c1-4-6-8-13-43(64)56-26-44(65)57-28-46(67)60-41(22-31-11-9-7-10-12-31)50(68)58-27-45(66)59-29-73-53(19-20-53)51(69)62-39-16-15-33-30(3)38(55)25-40-47(33)48(39)36-23-32-14-17-42(63)34-18-21-72-52(70)54(71,5-2)37(34)24-35(32)49(36)61-40/h7,9-12,24-25,32,39,41,71H,4-6,8,13-23,26-29H2,1-3H3,(H,56,64)(H,57,65)(H,58,68)(H,59,66)(H,60,67)(H,62,69)/t32?,39-,41-,54-/m0/s1. The number of Topliss-reactive ketones (excluding diaryl/α,β-unsaturated/α-hetero) is 1. The fraction of sp³-hybridized carbons (Fsp3) is 0.500. The lowest BCUT2D eigenvalue weighted by atomic mass is 9.79. The van der Waals surface area contributed by atoms with E-state index in [1.54, 1.807) is 50.3 Å². The van der Waals surface area contributed by atoms with Gasteiger partial charge in [-0.25, -0.2) is 14.2 Å². The van der Waals surface area contributed by atoms with Gasteiger partial charge in [0.25, 0.3) is 5.91 Å². The van der Waals surface area contributed by atoms with Gasteiger partial charge in [-0.15, -0.1) is 0 Å². The summed E-state index contributed by atoms with van der Waals surface area (Å²) >= 11 is 0. The van der Waals surface area contributed by atoms with Crippen molar-refractivity contribution in [2.45, 2.75) is 134 Å². The molecular weight excluding hydrogens is 942 g/mol. The van der Waals surface area contributed by atoms with Gasteiger partial charge in [0, 0.05) is 48.3 Å². The molecule has 388 valence electrons. The number of ether oxygens (including phenoxy) is 2. The average Bonchev–Trinajstić information content (AvgIpc) is 4.12. The number of unbranched alkanes of at least 4 members (excludes halogenated alkanes) is 2. The van der Waals surface area contributed by atoms with Crippen LogP contribution in [0.4, 0.5) is 4.39 Å². The largest absolute Gasteiger partial charge is 0.463 e. The molecule has 73 heavy (non-hydrogen) atoms. The second kappa shape index (κ2) is 22.5. The maximum atomic E-state index is 15.6. The summed E-state index contributed by atoms with van der Waals surface area (Å²) in [6.45, 7) is 3.79. The van der Waals surface area contributed by atoms with Gasteiger partial charge in [0.15, 0.2) is 11.4 Å². The Balaban J connectivity index is 0.910. The van der Waals surface area contributed by atoms with Crippen LogP contribution in [0.15, 0.2) is 53.6 Å². The molecule has 1 aliphatic heterocycles. The number of carbonyl (C=O) groups excluding carboxylic acids is 8. The van der Waals surface area contributed by atoms with E-state index in [9.17, 15) is 43.5 Å². The van der Waals surface area contributed by atoms with Crippen LogP contribution in [0.3, 0.4) is 0 Å². The Bertz CT molecular complexity index is 2790. The number of cyclic esters (lactones) is 1. The second-order valence-electron chi connectivity index (χ2n) is 19.6. The number of aromatic nitrogens is 1. The number of benzene rings is 2. The number of fused-ring (bicyclic) bond motifs is 4. The van der Waals surface area contributed by atoms with E-state index in [-0.39, 0.29) is 68.7 Å². The quantitative estimate of drug-likeness (QED) is 0.0489. The Morgan fingerprint density at radius 1 is 0.890 bits per heavy atom. The van der Waals surface area contributed by atoms with Gasteiger partial charge in [0.05, 0.1) is 43.5 Å². The Morgan fingerprint density at radius 3 is 2.36 bits per heavy atom. The number of amides is 6. The molecule has 4 atom stereocenters. The lowest BCUT2D eigenvalue weighted by molar-refractivity contribution is -0.160. The first-order valence-corrected chi connectivity index (χ1v) is 25.4. The van der Waals surface area contributed by atoms with Crippen molar-refractivity contribution in [1.82, 2.24) is 36.9 Å². The van der Waals surface area contributed by atoms with Gasteiger partial charge in [0.1, 0.15) is 24.2 Å². The number of pyridine rings is 1. The van der Waals surface area contributed by atoms with Gasteiger partial charge < -0.3 is 46.5 Å². The third-order valence-electron chi connectivity index (χ3n) is 14.8. The van der Waals surface area contributed by atoms with Gasteiger partial charge in [-0.3, -0.25) is 33.6 Å². The molecule has 2 heterocycles. The predicted octanol–water partition coefficient (Wildman–Crippen LogP) is 3.37. The highest BCUT2D eigenvalue weighted by Gasteiger charge is 2.53. The average molecular weight is 1010 g/mol. The van der Waals surface area contributed by atoms with Crippen molar-refractivity contribution in [3.05, 3.63) is 92.9 Å². The zero-order valence-electron chi connectivity index (χ0n) is 41.6. The van der Waals surface area contributed by atoms with Crippen molar-refractivity contribution >= 4 is 63.7 Å². The smallest absolute Gasteiger partial charge is 0.342 e. The molecular formula is C54H64FN7O11. The third kappa shape index (κ3) is 11.5. The van der Waals surface area contributed by atoms with E-state index < -0.39 is 77.7 Å². The molecule has 6 amide bonds. The summed E-state index contributed by atoms with van der Waals surface area (Å²) in [5.41, 5.74) is 2.66. The number of aliphatic hydroxyl groups is 1. The SMILES string of the molecule is CCCCCC(=O)NCC(=O)NCC(=O)N[C@@H](Cc1ccccc1)C(=O)NCC(=O)NCOC1(C(=O)N[C@H]2CCc3c(C)c(F)cc4nc5c(c2c34)CC2CCC(=O)C3=C(C=C52)[C@@](O)(CC)C(=O)OCC3)CC1. The molecule has 1 aromatic heterocycles. The van der Waals surface area contributed by atoms with Gasteiger partial charge in [-0.1, -0.05) is 57.0 Å². The zero-order valence-corrected chi connectivity index (χ0v) is 41.6. The normalized spacial score (nSPS) is 20.9. The molecule has 4 aliphatic carbocycles. The van der Waals surface area contributed by atoms with Crippen LogP contribution >= 0.6 is 0 Å². The third-order valence-corrected chi connectivity index (χ3v) is 14.8. The van der Waals surface area contributed by atoms with Gasteiger partial charge in [-0.05, 0) is 104 Å². The first kappa shape index (κ1) is 52.5. The summed E-state index contributed by atoms with van der Waals surface area (Å²) < 4.78 is 27.0. The molecule has 7 N–H and O–H groups in total. The maximum absolute atomic E-state index is 15.6. The van der Waals surface area contributed by atoms with Crippen LogP contribution in [-0.2, 0) is 67.1 Å². The number of carbonyl (C=O) groups is 8. The minimum absolute atomic E-state index is 0.0205. The lowest BCUT2D eigenvalue weighted by Crippen LogP contribution is -2.52. The van der Waals surface area contributed by atoms with Gasteiger partial charge >= 0.3 is 5.97 Å². The molecule has 2 aromatic carbocycles. The number of hydrogen-bond donors (Lipinski definition) is 7. The minimum Gasteiger partial charge on any atom is -0.463 e. The molecule has 0 spiro atoms. The van der Waals surface area contributed by atoms with Crippen LogP contribution in [0.2, 0.25) is 0 Å². The highest BCUT2D eigenvalue weighted by Crippen LogP contribution is 2.50. The van der Waals surface area contributed by atoms with E-state index in [4.69, 9.17) is 14.5 Å². The molecule has 0 saturated heterocycles. The van der Waals surface area contributed by atoms with Gasteiger partial charge in [-0.2, -0.15) is 0 Å². The molecule has 1 fully saturated rings. The van der Waals surface area contributed by atoms with Crippen molar-refractivity contribution in [2.75, 3.05) is 33.0 Å². The number of halogens is 1. The number of allylic oxidation sites excluding steroid dienone is 1. The van der Waals surface area contributed by atoms with Crippen molar-refractivity contribution in [3.8, 4) is 0 Å². The van der Waals surface area contributed by atoms with E-state index in [0.717, 1.165) is 46.1 Å². The Hall–Kier alpha value is -6.86. The fourth-order valence-electron chi connectivity index (χ4n) is 10.5. The number of aryl methyl sites for hydroxylation is 1. The van der Waals surface area contributed by atoms with Crippen LogP contribution in [-0.4, -0.2) is 108 Å². The zero-order chi connectivity index (χ0) is 52.0. The summed E-state index contributed by atoms with van der Waals surface area (Å²) in [7, 11) is 0. The molecule has 0 radical (unpaired) electrons. The van der Waals surface area contributed by atoms with E-state index in [0.29, 0.717) is 73.7 Å². The Labute approximate surface area is 422 Å². The molecule has 8 rings (SSSR count). The number of nitrogens with zero attached hydrogens (tertiary/aromatic N) is 1. The van der Waals surface area contributed by atoms with Crippen molar-refractivity contribution in [3.63, 3.8) is 0 Å². The van der Waals surface area contributed by atoms with Crippen LogP contribution in [0.5, 0.6) is 0 Å². The molecule has 18 nitrogen and oxygen atoms in total. The number of esters is 1. The highest BCUT2D eigenvalue weighted by molar-refractivity contribution is 6.02. The number of nitrogens with one attached hydrogen (secondary N) is 6. The summed E-state index contributed by atoms with van der Waals surface area (Å²) in [4.78, 5) is 110. The second-order valence-corrected chi connectivity index (χ2v) is 19.6. The maximum Gasteiger partial charge on any atom is 0.342 e. The lowest BCUT2D eigenvalue weighted by Gasteiger charge is -2.31. The molecule has 3 aromatic rings. The fourth-order valence-corrected chi connectivity index (χ4v) is 10.5. The van der Waals surface area contributed by atoms with E-state index >= 15 is 4.39 Å². The molecule has 1 unspecified atom stereocenters. The molecule has 1 saturated carbocycles. The summed E-state index contributed by atoms with van der Waals surface area (Å²) in [5, 5.41) is 28.5. The van der Waals surface area contributed by atoms with E-state index in [2.05, 4.69) is 31.9 Å². The van der Waals surface area contributed by atoms with Crippen LogP contribution < -0.4 is 31.9 Å². The number of hydrogen-bond acceptors (Lipinski definition) is 12. The number of ketones is 1. The summed E-state index contributed by atoms with van der Waals surface area (Å²) in [6, 6.07) is 8.67. The first-order chi connectivity index (χ1) is 35.0. The summed E-state index contributed by atoms with van der Waals surface area (Å²) in [6.07, 6.45) is 7.59. The van der Waals surface area contributed by atoms with Crippen molar-refractivity contribution < 1.29 is 57.3 Å². The van der Waals surface area contributed by atoms with Crippen molar-refractivity contribution in [2.24, 2.45) is 5.92 Å². The monoisotopic (exact) mass is 1010 g/mol. The molecule has 5 aliphatic rings. The van der Waals surface area contributed by atoms with Crippen LogP contribution in [0, 0.1) is 18.7 Å². The first-order valence-electron chi connectivity index (χ1n) is 25.4. The highest BCUT2D eigenvalue weighted by atomic mass is 19.1. The van der Waals surface area contributed by atoms with E-state index in [1.807, 2.05) is 6.92 Å². The van der Waals surface area contributed by atoms with Gasteiger partial charge in [0.2, 0.25) is 29.5 Å². The minimum atomic E-state index is -2.05. The Morgan fingerprint density at radius 2 is 1.62 bits per heavy atom. The van der Waals surface area contributed by atoms with Crippen molar-refractivity contribution in [1.29, 1.82) is 0 Å². The van der Waals surface area contributed by atoms with Crippen LogP contribution in [0.25, 0.3) is 16.5 Å². The Kier molecular flexibility index (Phi) is 16.2. The number of rotatable bonds is 20. The summed E-state index contributed by atoms with van der Waals surface area (Å²) in [5.74, 6) is -4.76. The van der Waals surface area contributed by atoms with E-state index in [1.165, 1.54) is 6.07 Å². The van der Waals surface area contributed by atoms with Crippen LogP contribution in [0.1, 0.15) is 124 Å².